The number of nitrogens with one attached hydrogen (secondary N) is 1. The van der Waals surface area contributed by atoms with Gasteiger partial charge in [0.05, 0.1) is 5.02 Å². The SMILES string of the molecule is Clc1cncc(CN2CCC3(CC2)CC(Nc2ncccn2)C3)c1. The lowest BCUT2D eigenvalue weighted by Crippen LogP contribution is -2.51. The maximum Gasteiger partial charge on any atom is 0.222 e. The fourth-order valence-corrected chi connectivity index (χ4v) is 4.23. The van der Waals surface area contributed by atoms with Crippen LogP contribution in [0.1, 0.15) is 31.2 Å². The molecule has 0 atom stereocenters. The molecule has 1 saturated carbocycles. The Morgan fingerprint density at radius 2 is 1.92 bits per heavy atom. The number of likely N-dealkylation sites (tertiary alicyclic amines) is 1. The standard InChI is InChI=1S/C18H22ClN5/c19-15-8-14(11-20-12-15)13-24-6-2-18(3-7-24)9-16(10-18)23-17-21-4-1-5-22-17/h1,4-5,8,11-12,16H,2-3,6-7,9-10,13H2,(H,21,22,23). The Kier molecular flexibility index (Phi) is 4.37. The van der Waals surface area contributed by atoms with E-state index in [4.69, 9.17) is 11.6 Å². The summed E-state index contributed by atoms with van der Waals surface area (Å²) in [6.45, 7) is 3.26. The van der Waals surface area contributed by atoms with Crippen LogP contribution in [-0.4, -0.2) is 39.0 Å². The summed E-state index contributed by atoms with van der Waals surface area (Å²) in [5, 5.41) is 4.17. The highest BCUT2D eigenvalue weighted by molar-refractivity contribution is 6.30. The van der Waals surface area contributed by atoms with Crippen LogP contribution in [0.4, 0.5) is 5.95 Å². The Bertz CT molecular complexity index is 677. The van der Waals surface area contributed by atoms with Crippen molar-refractivity contribution in [3.63, 3.8) is 0 Å². The zero-order valence-electron chi connectivity index (χ0n) is 13.7. The van der Waals surface area contributed by atoms with Gasteiger partial charge in [-0.1, -0.05) is 11.6 Å². The first-order chi connectivity index (χ1) is 11.7. The van der Waals surface area contributed by atoms with E-state index in [9.17, 15) is 0 Å². The number of aromatic nitrogens is 3. The lowest BCUT2D eigenvalue weighted by atomic mass is 9.60. The molecule has 0 unspecified atom stereocenters. The molecule has 0 bridgehead atoms. The lowest BCUT2D eigenvalue weighted by molar-refractivity contribution is 0.0208. The van der Waals surface area contributed by atoms with Crippen molar-refractivity contribution < 1.29 is 0 Å². The smallest absolute Gasteiger partial charge is 0.222 e. The maximum absolute atomic E-state index is 6.02. The van der Waals surface area contributed by atoms with E-state index in [-0.39, 0.29) is 0 Å². The van der Waals surface area contributed by atoms with Gasteiger partial charge in [0, 0.05) is 37.4 Å². The van der Waals surface area contributed by atoms with Gasteiger partial charge in [-0.25, -0.2) is 9.97 Å². The monoisotopic (exact) mass is 343 g/mol. The van der Waals surface area contributed by atoms with E-state index < -0.39 is 0 Å². The highest BCUT2D eigenvalue weighted by Crippen LogP contribution is 2.49. The first-order valence-electron chi connectivity index (χ1n) is 8.56. The second-order valence-electron chi connectivity index (χ2n) is 7.11. The van der Waals surface area contributed by atoms with Crippen molar-refractivity contribution in [3.05, 3.63) is 47.5 Å². The van der Waals surface area contributed by atoms with Crippen LogP contribution in [0.3, 0.4) is 0 Å². The fourth-order valence-electron chi connectivity index (χ4n) is 4.04. The summed E-state index contributed by atoms with van der Waals surface area (Å²) in [5.41, 5.74) is 1.73. The summed E-state index contributed by atoms with van der Waals surface area (Å²) >= 11 is 6.02. The van der Waals surface area contributed by atoms with E-state index in [0.29, 0.717) is 11.5 Å². The number of nitrogens with zero attached hydrogens (tertiary/aromatic N) is 4. The van der Waals surface area contributed by atoms with Crippen molar-refractivity contribution in [2.24, 2.45) is 5.41 Å². The van der Waals surface area contributed by atoms with Crippen molar-refractivity contribution in [2.45, 2.75) is 38.3 Å². The van der Waals surface area contributed by atoms with Gasteiger partial charge >= 0.3 is 0 Å². The quantitative estimate of drug-likeness (QED) is 0.922. The molecule has 0 radical (unpaired) electrons. The molecule has 2 aliphatic rings. The van der Waals surface area contributed by atoms with E-state index in [1.165, 1.54) is 31.2 Å². The summed E-state index contributed by atoms with van der Waals surface area (Å²) in [4.78, 5) is 15.2. The van der Waals surface area contributed by atoms with Crippen LogP contribution in [0.15, 0.2) is 36.9 Å². The van der Waals surface area contributed by atoms with Gasteiger partial charge in [0.25, 0.3) is 0 Å². The number of rotatable bonds is 4. The second kappa shape index (κ2) is 6.65. The Morgan fingerprint density at radius 1 is 1.17 bits per heavy atom. The summed E-state index contributed by atoms with van der Waals surface area (Å²) < 4.78 is 0. The van der Waals surface area contributed by atoms with Crippen molar-refractivity contribution in [2.75, 3.05) is 18.4 Å². The van der Waals surface area contributed by atoms with E-state index in [0.717, 1.165) is 30.6 Å². The molecule has 1 spiro atoms. The Balaban J connectivity index is 1.25. The largest absolute Gasteiger partial charge is 0.351 e. The summed E-state index contributed by atoms with van der Waals surface area (Å²) in [5.74, 6) is 0.753. The molecule has 2 aromatic rings. The van der Waals surface area contributed by atoms with Gasteiger partial charge in [0.1, 0.15) is 0 Å². The van der Waals surface area contributed by atoms with E-state index in [1.807, 2.05) is 18.3 Å². The summed E-state index contributed by atoms with van der Waals surface area (Å²) in [6, 6.07) is 4.39. The highest BCUT2D eigenvalue weighted by atomic mass is 35.5. The zero-order valence-corrected chi connectivity index (χ0v) is 14.4. The van der Waals surface area contributed by atoms with Crippen LogP contribution in [0.5, 0.6) is 0 Å². The molecule has 4 rings (SSSR count). The molecule has 5 nitrogen and oxygen atoms in total. The molecule has 2 fully saturated rings. The predicted octanol–water partition coefficient (Wildman–Crippen LogP) is 3.38. The Morgan fingerprint density at radius 3 is 2.62 bits per heavy atom. The van der Waals surface area contributed by atoms with Crippen molar-refractivity contribution in [3.8, 4) is 0 Å². The molecule has 3 heterocycles. The van der Waals surface area contributed by atoms with Gasteiger partial charge in [0.2, 0.25) is 5.95 Å². The van der Waals surface area contributed by atoms with Gasteiger partial charge in [-0.2, -0.15) is 0 Å². The highest BCUT2D eigenvalue weighted by Gasteiger charge is 2.45. The van der Waals surface area contributed by atoms with Gasteiger partial charge in [0.15, 0.2) is 0 Å². The third kappa shape index (κ3) is 3.52. The summed E-state index contributed by atoms with van der Waals surface area (Å²) in [6.07, 6.45) is 12.2. The first kappa shape index (κ1) is 15.8. The van der Waals surface area contributed by atoms with E-state index >= 15 is 0 Å². The molecular formula is C18H22ClN5. The number of hydrogen-bond donors (Lipinski definition) is 1. The fraction of sp³-hybridized carbons (Fsp3) is 0.500. The molecule has 1 aliphatic carbocycles. The third-order valence-corrected chi connectivity index (χ3v) is 5.55. The molecule has 0 aromatic carbocycles. The minimum absolute atomic E-state index is 0.523. The van der Waals surface area contributed by atoms with Crippen molar-refractivity contribution in [1.82, 2.24) is 19.9 Å². The Hall–Kier alpha value is -1.72. The molecule has 126 valence electrons. The summed E-state index contributed by atoms with van der Waals surface area (Å²) in [7, 11) is 0. The molecule has 0 amide bonds. The number of piperidine rings is 1. The molecule has 1 saturated heterocycles. The number of pyridine rings is 1. The van der Waals surface area contributed by atoms with Crippen LogP contribution >= 0.6 is 11.6 Å². The maximum atomic E-state index is 6.02. The lowest BCUT2D eigenvalue weighted by Gasteiger charge is -2.52. The van der Waals surface area contributed by atoms with Gasteiger partial charge in [-0.3, -0.25) is 9.88 Å². The average molecular weight is 344 g/mol. The zero-order chi connectivity index (χ0) is 16.4. The molecular weight excluding hydrogens is 322 g/mol. The topological polar surface area (TPSA) is 53.9 Å². The van der Waals surface area contributed by atoms with Crippen LogP contribution in [-0.2, 0) is 6.54 Å². The molecule has 1 N–H and O–H groups in total. The van der Waals surface area contributed by atoms with Crippen molar-refractivity contribution >= 4 is 17.5 Å². The van der Waals surface area contributed by atoms with Crippen LogP contribution < -0.4 is 5.32 Å². The third-order valence-electron chi connectivity index (χ3n) is 5.34. The predicted molar refractivity (Wildman–Crippen MR) is 94.9 cm³/mol. The number of halogens is 1. The van der Waals surface area contributed by atoms with Crippen LogP contribution in [0.2, 0.25) is 5.02 Å². The van der Waals surface area contributed by atoms with Crippen LogP contribution in [0.25, 0.3) is 0 Å². The van der Waals surface area contributed by atoms with Gasteiger partial charge in [-0.05, 0) is 61.9 Å². The molecule has 1 aliphatic heterocycles. The number of hydrogen-bond acceptors (Lipinski definition) is 5. The molecule has 6 heteroatoms. The second-order valence-corrected chi connectivity index (χ2v) is 7.55. The van der Waals surface area contributed by atoms with E-state index in [1.54, 1.807) is 18.6 Å². The van der Waals surface area contributed by atoms with E-state index in [2.05, 4.69) is 25.2 Å². The van der Waals surface area contributed by atoms with Gasteiger partial charge in [-0.15, -0.1) is 0 Å². The molecule has 24 heavy (non-hydrogen) atoms. The minimum atomic E-state index is 0.523. The number of anilines is 1. The molecule has 2 aromatic heterocycles. The first-order valence-corrected chi connectivity index (χ1v) is 8.94. The van der Waals surface area contributed by atoms with Crippen LogP contribution in [0, 0.1) is 5.41 Å². The Labute approximate surface area is 147 Å². The average Bonchev–Trinajstić information content (AvgIpc) is 2.56. The van der Waals surface area contributed by atoms with Gasteiger partial charge < -0.3 is 5.32 Å². The minimum Gasteiger partial charge on any atom is -0.351 e. The normalized spacial score (nSPS) is 20.7. The van der Waals surface area contributed by atoms with Crippen molar-refractivity contribution in [1.29, 1.82) is 0 Å².